The molecule has 2 aromatic heterocycles. The molecule has 3 heterocycles. The summed E-state index contributed by atoms with van der Waals surface area (Å²) in [6, 6.07) is 6.04. The van der Waals surface area contributed by atoms with Crippen molar-refractivity contribution < 1.29 is 9.84 Å². The van der Waals surface area contributed by atoms with E-state index in [1.807, 2.05) is 39.8 Å². The number of phenolic OH excluding ortho intramolecular Hbond substituents is 1. The van der Waals surface area contributed by atoms with Crippen LogP contribution in [0, 0.1) is 34.6 Å². The summed E-state index contributed by atoms with van der Waals surface area (Å²) in [4.78, 5) is 9.90. The highest BCUT2D eigenvalue weighted by molar-refractivity contribution is 7.80. The number of fused-ring (bicyclic) bond motifs is 2. The Morgan fingerprint density at radius 2 is 1.87 bits per heavy atom. The quantitative estimate of drug-likeness (QED) is 0.508. The van der Waals surface area contributed by atoms with Crippen molar-refractivity contribution in [2.45, 2.75) is 66.4 Å². The number of thiocarbonyl (C=S) groups is 1. The third-order valence-electron chi connectivity index (χ3n) is 6.40. The zero-order chi connectivity index (χ0) is 22.5. The lowest BCUT2D eigenvalue weighted by atomic mass is 9.85. The lowest BCUT2D eigenvalue weighted by Gasteiger charge is -2.38. The minimum absolute atomic E-state index is 0.377. The first-order valence-corrected chi connectivity index (χ1v) is 11.0. The number of anilines is 1. The van der Waals surface area contributed by atoms with Gasteiger partial charge in [-0.25, -0.2) is 9.97 Å². The van der Waals surface area contributed by atoms with Crippen LogP contribution in [-0.2, 0) is 6.42 Å². The molecular weight excluding hydrogens is 406 g/mol. The smallest absolute Gasteiger partial charge is 0.162 e. The van der Waals surface area contributed by atoms with Gasteiger partial charge in [0.05, 0.1) is 4.99 Å². The van der Waals surface area contributed by atoms with E-state index in [1.54, 1.807) is 0 Å². The summed E-state index contributed by atoms with van der Waals surface area (Å²) >= 11 is 5.68. The zero-order valence-corrected chi connectivity index (χ0v) is 19.8. The average molecular weight is 436 g/mol. The van der Waals surface area contributed by atoms with Gasteiger partial charge in [-0.1, -0.05) is 12.2 Å². The third-order valence-corrected chi connectivity index (χ3v) is 6.65. The van der Waals surface area contributed by atoms with Gasteiger partial charge in [-0.2, -0.15) is 0 Å². The second-order valence-corrected chi connectivity index (χ2v) is 9.45. The van der Waals surface area contributed by atoms with Crippen LogP contribution in [0.25, 0.3) is 11.0 Å². The Balaban J connectivity index is 1.54. The first-order valence-electron chi connectivity index (χ1n) is 10.6. The van der Waals surface area contributed by atoms with Crippen LogP contribution in [0.3, 0.4) is 0 Å². The summed E-state index contributed by atoms with van der Waals surface area (Å²) in [7, 11) is 0. The normalized spacial score (nSPS) is 17.9. The molecule has 31 heavy (non-hydrogen) atoms. The molecular formula is C25H29N3O2S. The second-order valence-electron chi connectivity index (χ2n) is 8.96. The minimum atomic E-state index is -0.417. The number of pyridine rings is 2. The topological polar surface area (TPSA) is 67.3 Å². The van der Waals surface area contributed by atoms with Crippen molar-refractivity contribution in [2.75, 3.05) is 5.32 Å². The van der Waals surface area contributed by atoms with Crippen molar-refractivity contribution in [3.8, 4) is 11.5 Å². The minimum Gasteiger partial charge on any atom is -0.507 e. The first-order chi connectivity index (χ1) is 14.6. The molecule has 5 nitrogen and oxygen atoms in total. The summed E-state index contributed by atoms with van der Waals surface area (Å²) in [5, 5.41) is 14.7. The van der Waals surface area contributed by atoms with E-state index in [4.69, 9.17) is 17.0 Å². The third kappa shape index (κ3) is 3.97. The van der Waals surface area contributed by atoms with Crippen LogP contribution in [0.5, 0.6) is 11.5 Å². The van der Waals surface area contributed by atoms with Crippen LogP contribution < -0.4 is 10.1 Å². The molecule has 1 atom stereocenters. The van der Waals surface area contributed by atoms with Crippen molar-refractivity contribution >= 4 is 34.1 Å². The largest absolute Gasteiger partial charge is 0.507 e. The molecule has 0 bridgehead atoms. The molecule has 2 N–H and O–H groups in total. The van der Waals surface area contributed by atoms with Gasteiger partial charge in [0.25, 0.3) is 0 Å². The second kappa shape index (κ2) is 7.75. The van der Waals surface area contributed by atoms with Gasteiger partial charge in [0.2, 0.25) is 0 Å². The highest BCUT2D eigenvalue weighted by atomic mass is 32.1. The maximum atomic E-state index is 10.4. The monoisotopic (exact) mass is 435 g/mol. The fraction of sp³-hybridized carbons (Fsp3) is 0.400. The van der Waals surface area contributed by atoms with E-state index >= 15 is 0 Å². The molecule has 3 aromatic rings. The maximum absolute atomic E-state index is 10.4. The zero-order valence-electron chi connectivity index (χ0n) is 19.0. The lowest BCUT2D eigenvalue weighted by molar-refractivity contribution is 0.0716. The van der Waals surface area contributed by atoms with Crippen molar-refractivity contribution in [3.05, 3.63) is 51.7 Å². The Morgan fingerprint density at radius 3 is 2.61 bits per heavy atom. The van der Waals surface area contributed by atoms with Gasteiger partial charge in [0.15, 0.2) is 5.65 Å². The predicted octanol–water partition coefficient (Wildman–Crippen LogP) is 5.79. The van der Waals surface area contributed by atoms with Crippen LogP contribution in [0.1, 0.15) is 53.3 Å². The number of aromatic nitrogens is 2. The fourth-order valence-electron chi connectivity index (χ4n) is 4.45. The van der Waals surface area contributed by atoms with E-state index < -0.39 is 5.60 Å². The predicted molar refractivity (Wildman–Crippen MR) is 130 cm³/mol. The molecule has 6 heteroatoms. The van der Waals surface area contributed by atoms with E-state index in [9.17, 15) is 5.11 Å². The molecule has 1 aliphatic rings. The molecule has 1 aliphatic heterocycles. The fourth-order valence-corrected chi connectivity index (χ4v) is 4.86. The molecule has 0 spiro atoms. The molecule has 0 radical (unpaired) electrons. The average Bonchev–Trinajstić information content (AvgIpc) is 2.69. The summed E-state index contributed by atoms with van der Waals surface area (Å²) in [6.45, 7) is 12.0. The molecule has 0 fully saturated rings. The highest BCUT2D eigenvalue weighted by Crippen LogP contribution is 2.44. The van der Waals surface area contributed by atoms with Crippen molar-refractivity contribution in [1.82, 2.24) is 9.97 Å². The van der Waals surface area contributed by atoms with Crippen LogP contribution >= 0.6 is 12.2 Å². The number of hydrogen-bond donors (Lipinski definition) is 2. The van der Waals surface area contributed by atoms with Crippen molar-refractivity contribution in [2.24, 2.45) is 0 Å². The molecule has 0 saturated heterocycles. The van der Waals surface area contributed by atoms with Crippen LogP contribution in [-0.4, -0.2) is 25.7 Å². The number of nitrogens with one attached hydrogen (secondary N) is 1. The van der Waals surface area contributed by atoms with Crippen LogP contribution in [0.4, 0.5) is 5.82 Å². The standard InChI is InChI=1S/C25H29N3O2S/c1-13-11-14(2)26-24-18(13)7-8-20(28-24)27-21(31)12-25(6)10-9-19-17(5)22(29)15(3)16(4)23(19)30-25/h7-8,11,29H,9-10,12H2,1-6H3,(H,26,27,28,31). The molecule has 0 aliphatic carbocycles. The Labute approximate surface area is 188 Å². The van der Waals surface area contributed by atoms with Crippen molar-refractivity contribution in [3.63, 3.8) is 0 Å². The van der Waals surface area contributed by atoms with Gasteiger partial charge in [-0.3, -0.25) is 0 Å². The first kappa shape index (κ1) is 21.5. The van der Waals surface area contributed by atoms with Crippen LogP contribution in [0.2, 0.25) is 0 Å². The molecule has 4 rings (SSSR count). The Bertz CT molecular complexity index is 1220. The Hall–Kier alpha value is -2.73. The van der Waals surface area contributed by atoms with E-state index in [0.29, 0.717) is 23.0 Å². The number of hydrogen-bond acceptors (Lipinski definition) is 5. The van der Waals surface area contributed by atoms with E-state index in [-0.39, 0.29) is 0 Å². The number of ether oxygens (including phenoxy) is 1. The van der Waals surface area contributed by atoms with Gasteiger partial charge < -0.3 is 15.2 Å². The van der Waals surface area contributed by atoms with Crippen molar-refractivity contribution in [1.29, 1.82) is 0 Å². The molecule has 162 valence electrons. The van der Waals surface area contributed by atoms with Gasteiger partial charge in [0, 0.05) is 23.1 Å². The number of phenols is 1. The summed E-state index contributed by atoms with van der Waals surface area (Å²) in [5.41, 5.74) is 6.31. The van der Waals surface area contributed by atoms with E-state index in [0.717, 1.165) is 63.1 Å². The summed E-state index contributed by atoms with van der Waals surface area (Å²) < 4.78 is 6.51. The van der Waals surface area contributed by atoms with E-state index in [2.05, 4.69) is 35.2 Å². The maximum Gasteiger partial charge on any atom is 0.162 e. The molecule has 0 saturated carbocycles. The van der Waals surface area contributed by atoms with Gasteiger partial charge in [-0.05, 0) is 94.8 Å². The van der Waals surface area contributed by atoms with Gasteiger partial charge in [0.1, 0.15) is 22.9 Å². The number of rotatable bonds is 3. The molecule has 1 aromatic carbocycles. The number of aryl methyl sites for hydroxylation is 2. The van der Waals surface area contributed by atoms with Gasteiger partial charge >= 0.3 is 0 Å². The Kier molecular flexibility index (Phi) is 5.38. The summed E-state index contributed by atoms with van der Waals surface area (Å²) in [6.07, 6.45) is 2.27. The highest BCUT2D eigenvalue weighted by Gasteiger charge is 2.35. The Morgan fingerprint density at radius 1 is 1.13 bits per heavy atom. The van der Waals surface area contributed by atoms with E-state index in [1.165, 1.54) is 0 Å². The molecule has 0 amide bonds. The number of benzene rings is 1. The molecule has 1 unspecified atom stereocenters. The SMILES string of the molecule is Cc1cc(C)c2ccc(NC(=S)CC3(C)CCc4c(C)c(O)c(C)c(C)c4O3)nc2n1. The van der Waals surface area contributed by atoms with Gasteiger partial charge in [-0.15, -0.1) is 0 Å². The van der Waals surface area contributed by atoms with Crippen LogP contribution in [0.15, 0.2) is 18.2 Å². The number of nitrogens with zero attached hydrogens (tertiary/aromatic N) is 2. The summed E-state index contributed by atoms with van der Waals surface area (Å²) in [5.74, 6) is 1.97. The lowest BCUT2D eigenvalue weighted by Crippen LogP contribution is -2.40. The number of aromatic hydroxyl groups is 1.